The Bertz CT molecular complexity index is 674. The number of rotatable bonds is 3. The van der Waals surface area contributed by atoms with Crippen LogP contribution in [0.1, 0.15) is 17.2 Å². The molecule has 0 heterocycles. The van der Waals surface area contributed by atoms with Crippen molar-refractivity contribution < 1.29 is 0 Å². The summed E-state index contributed by atoms with van der Waals surface area (Å²) in [5, 5.41) is 0. The zero-order valence-electron chi connectivity index (χ0n) is 11.2. The molecule has 2 N–H and O–H groups in total. The smallest absolute Gasteiger partial charge is 0.0551 e. The molecule has 0 aliphatic carbocycles. The van der Waals surface area contributed by atoms with Crippen LogP contribution in [0.15, 0.2) is 84.9 Å². The van der Waals surface area contributed by atoms with E-state index in [2.05, 4.69) is 60.7 Å². The van der Waals surface area contributed by atoms with Gasteiger partial charge in [-0.25, -0.2) is 0 Å². The molecule has 3 rings (SSSR count). The molecule has 0 aromatic heterocycles. The lowest BCUT2D eigenvalue weighted by Crippen LogP contribution is -2.11. The van der Waals surface area contributed by atoms with Gasteiger partial charge in [0.05, 0.1) is 6.04 Å². The molecule has 0 aliphatic rings. The molecule has 0 bridgehead atoms. The molecule has 1 heteroatoms. The predicted molar refractivity (Wildman–Crippen MR) is 84.4 cm³/mol. The van der Waals surface area contributed by atoms with Crippen molar-refractivity contribution in [2.75, 3.05) is 0 Å². The van der Waals surface area contributed by atoms with E-state index in [1.807, 2.05) is 24.3 Å². The van der Waals surface area contributed by atoms with E-state index in [0.717, 1.165) is 11.1 Å². The van der Waals surface area contributed by atoms with Gasteiger partial charge in [-0.1, -0.05) is 78.9 Å². The molecular weight excluding hydrogens is 242 g/mol. The lowest BCUT2D eigenvalue weighted by molar-refractivity contribution is 0.872. The van der Waals surface area contributed by atoms with Crippen LogP contribution < -0.4 is 5.73 Å². The van der Waals surface area contributed by atoms with Crippen LogP contribution in [0, 0.1) is 0 Å². The topological polar surface area (TPSA) is 26.0 Å². The number of nitrogens with two attached hydrogens (primary N) is 1. The minimum absolute atomic E-state index is 0.0835. The first-order valence-electron chi connectivity index (χ1n) is 6.80. The van der Waals surface area contributed by atoms with Crippen LogP contribution >= 0.6 is 0 Å². The summed E-state index contributed by atoms with van der Waals surface area (Å²) in [7, 11) is 0. The maximum Gasteiger partial charge on any atom is 0.0551 e. The summed E-state index contributed by atoms with van der Waals surface area (Å²) >= 11 is 0. The Morgan fingerprint density at radius 3 is 1.80 bits per heavy atom. The predicted octanol–water partition coefficient (Wildman–Crippen LogP) is 4.40. The molecule has 1 nitrogen and oxygen atoms in total. The Balaban J connectivity index is 1.96. The first kappa shape index (κ1) is 12.6. The first-order valence-corrected chi connectivity index (χ1v) is 6.80. The van der Waals surface area contributed by atoms with Gasteiger partial charge in [0.1, 0.15) is 0 Å². The molecule has 98 valence electrons. The largest absolute Gasteiger partial charge is 0.320 e. The monoisotopic (exact) mass is 259 g/mol. The zero-order chi connectivity index (χ0) is 13.8. The lowest BCUT2D eigenvalue weighted by atomic mass is 9.96. The average Bonchev–Trinajstić information content (AvgIpc) is 2.56. The van der Waals surface area contributed by atoms with Crippen molar-refractivity contribution >= 4 is 0 Å². The van der Waals surface area contributed by atoms with E-state index < -0.39 is 0 Å². The Hall–Kier alpha value is -2.38. The van der Waals surface area contributed by atoms with Crippen molar-refractivity contribution in [2.24, 2.45) is 5.73 Å². The molecule has 0 spiro atoms. The van der Waals surface area contributed by atoms with Gasteiger partial charge in [-0.05, 0) is 28.3 Å². The van der Waals surface area contributed by atoms with Crippen LogP contribution in [0.2, 0.25) is 0 Å². The summed E-state index contributed by atoms with van der Waals surface area (Å²) in [4.78, 5) is 0. The second-order valence-electron chi connectivity index (χ2n) is 4.88. The molecule has 3 aromatic carbocycles. The first-order chi connectivity index (χ1) is 9.84. The Labute approximate surface area is 119 Å². The van der Waals surface area contributed by atoms with Crippen LogP contribution in [0.25, 0.3) is 11.1 Å². The molecule has 3 aromatic rings. The number of hydrogen-bond donors (Lipinski definition) is 1. The molecule has 0 fully saturated rings. The molecular formula is C19H17N. The SMILES string of the molecule is NC(c1ccccc1)c1cccc(-c2ccccc2)c1. The maximum absolute atomic E-state index is 6.36. The van der Waals surface area contributed by atoms with Gasteiger partial charge in [-0.15, -0.1) is 0 Å². The van der Waals surface area contributed by atoms with E-state index in [4.69, 9.17) is 5.73 Å². The van der Waals surface area contributed by atoms with Crippen molar-refractivity contribution in [2.45, 2.75) is 6.04 Å². The van der Waals surface area contributed by atoms with E-state index in [1.54, 1.807) is 0 Å². The highest BCUT2D eigenvalue weighted by atomic mass is 14.6. The Kier molecular flexibility index (Phi) is 3.62. The van der Waals surface area contributed by atoms with Gasteiger partial charge < -0.3 is 5.73 Å². The third-order valence-corrected chi connectivity index (χ3v) is 3.51. The molecule has 20 heavy (non-hydrogen) atoms. The highest BCUT2D eigenvalue weighted by molar-refractivity contribution is 5.64. The summed E-state index contributed by atoms with van der Waals surface area (Å²) in [5.74, 6) is 0. The van der Waals surface area contributed by atoms with Gasteiger partial charge >= 0.3 is 0 Å². The fourth-order valence-corrected chi connectivity index (χ4v) is 2.40. The van der Waals surface area contributed by atoms with E-state index in [9.17, 15) is 0 Å². The highest BCUT2D eigenvalue weighted by Gasteiger charge is 2.09. The van der Waals surface area contributed by atoms with Crippen LogP contribution in [0.5, 0.6) is 0 Å². The molecule has 0 radical (unpaired) electrons. The molecule has 1 unspecified atom stereocenters. The van der Waals surface area contributed by atoms with Crippen LogP contribution in [-0.4, -0.2) is 0 Å². The minimum Gasteiger partial charge on any atom is -0.320 e. The van der Waals surface area contributed by atoms with Crippen molar-refractivity contribution in [3.05, 3.63) is 96.1 Å². The summed E-state index contributed by atoms with van der Waals surface area (Å²) in [6, 6.07) is 28.9. The fourth-order valence-electron chi connectivity index (χ4n) is 2.40. The van der Waals surface area contributed by atoms with Crippen LogP contribution in [0.4, 0.5) is 0 Å². The Morgan fingerprint density at radius 1 is 0.550 bits per heavy atom. The standard InChI is InChI=1S/C19H17N/c20-19(16-10-5-2-6-11-16)18-13-7-12-17(14-18)15-8-3-1-4-9-15/h1-14,19H,20H2. The van der Waals surface area contributed by atoms with E-state index >= 15 is 0 Å². The number of benzene rings is 3. The van der Waals surface area contributed by atoms with Crippen molar-refractivity contribution in [1.82, 2.24) is 0 Å². The summed E-state index contributed by atoms with van der Waals surface area (Å²) in [6.45, 7) is 0. The van der Waals surface area contributed by atoms with Gasteiger partial charge in [0.15, 0.2) is 0 Å². The summed E-state index contributed by atoms with van der Waals surface area (Å²) < 4.78 is 0. The number of hydrogen-bond acceptors (Lipinski definition) is 1. The second-order valence-corrected chi connectivity index (χ2v) is 4.88. The molecule has 0 aliphatic heterocycles. The van der Waals surface area contributed by atoms with Gasteiger partial charge in [0.2, 0.25) is 0 Å². The van der Waals surface area contributed by atoms with E-state index in [-0.39, 0.29) is 6.04 Å². The molecule has 0 saturated heterocycles. The fraction of sp³-hybridized carbons (Fsp3) is 0.0526. The quantitative estimate of drug-likeness (QED) is 0.741. The van der Waals surface area contributed by atoms with Gasteiger partial charge in [0, 0.05) is 0 Å². The van der Waals surface area contributed by atoms with Gasteiger partial charge in [0.25, 0.3) is 0 Å². The normalized spacial score (nSPS) is 12.1. The van der Waals surface area contributed by atoms with Crippen LogP contribution in [0.3, 0.4) is 0 Å². The average molecular weight is 259 g/mol. The van der Waals surface area contributed by atoms with Crippen molar-refractivity contribution in [3.8, 4) is 11.1 Å². The molecule has 1 atom stereocenters. The lowest BCUT2D eigenvalue weighted by Gasteiger charge is -2.14. The Morgan fingerprint density at radius 2 is 1.10 bits per heavy atom. The van der Waals surface area contributed by atoms with E-state index in [0.29, 0.717) is 0 Å². The van der Waals surface area contributed by atoms with Crippen molar-refractivity contribution in [1.29, 1.82) is 0 Å². The van der Waals surface area contributed by atoms with Gasteiger partial charge in [-0.2, -0.15) is 0 Å². The summed E-state index contributed by atoms with van der Waals surface area (Å²) in [6.07, 6.45) is 0. The molecule has 0 saturated carbocycles. The maximum atomic E-state index is 6.36. The third kappa shape index (κ3) is 2.63. The minimum atomic E-state index is -0.0835. The summed E-state index contributed by atoms with van der Waals surface area (Å²) in [5.41, 5.74) is 11.1. The third-order valence-electron chi connectivity index (χ3n) is 3.51. The van der Waals surface area contributed by atoms with Gasteiger partial charge in [-0.3, -0.25) is 0 Å². The van der Waals surface area contributed by atoms with Crippen molar-refractivity contribution in [3.63, 3.8) is 0 Å². The highest BCUT2D eigenvalue weighted by Crippen LogP contribution is 2.25. The molecule has 0 amide bonds. The van der Waals surface area contributed by atoms with Crippen LogP contribution in [-0.2, 0) is 0 Å². The van der Waals surface area contributed by atoms with E-state index in [1.165, 1.54) is 11.1 Å². The second kappa shape index (κ2) is 5.72. The zero-order valence-corrected chi connectivity index (χ0v) is 11.2.